The van der Waals surface area contributed by atoms with Crippen molar-refractivity contribution >= 4 is 0 Å². The fourth-order valence-electron chi connectivity index (χ4n) is 2.52. The molecule has 1 atom stereocenters. The predicted molar refractivity (Wildman–Crippen MR) is 63.7 cm³/mol. The molecule has 3 nitrogen and oxygen atoms in total. The molecule has 0 spiro atoms. The normalized spacial score (nSPS) is 15.9. The summed E-state index contributed by atoms with van der Waals surface area (Å²) in [7, 11) is 1.65. The largest absolute Gasteiger partial charge is 0.496 e. The second-order valence-corrected chi connectivity index (χ2v) is 4.27. The third-order valence-electron chi connectivity index (χ3n) is 3.28. The van der Waals surface area contributed by atoms with E-state index in [9.17, 15) is 5.11 Å². The van der Waals surface area contributed by atoms with Gasteiger partial charge in [-0.2, -0.15) is 0 Å². The number of aliphatic hydroxyl groups excluding tert-OH is 1. The van der Waals surface area contributed by atoms with Gasteiger partial charge in [-0.15, -0.1) is 0 Å². The fraction of sp³-hybridized carbons (Fsp3) is 0.538. The predicted octanol–water partition coefficient (Wildman–Crippen LogP) is 1.57. The van der Waals surface area contributed by atoms with Crippen molar-refractivity contribution in [3.63, 3.8) is 0 Å². The Kier molecular flexibility index (Phi) is 3.46. The lowest BCUT2D eigenvalue weighted by Crippen LogP contribution is -2.10. The SMILES string of the molecule is COc1ccc2c(c1C(O)CCN)CCC2. The maximum absolute atomic E-state index is 10.1. The molecule has 0 fully saturated rings. The molecule has 1 unspecified atom stereocenters. The smallest absolute Gasteiger partial charge is 0.124 e. The van der Waals surface area contributed by atoms with E-state index in [1.54, 1.807) is 7.11 Å². The van der Waals surface area contributed by atoms with Crippen LogP contribution >= 0.6 is 0 Å². The molecule has 0 aliphatic heterocycles. The summed E-state index contributed by atoms with van der Waals surface area (Å²) in [5, 5.41) is 10.1. The highest BCUT2D eigenvalue weighted by molar-refractivity contribution is 5.48. The van der Waals surface area contributed by atoms with Crippen molar-refractivity contribution in [2.45, 2.75) is 31.8 Å². The van der Waals surface area contributed by atoms with E-state index in [0.29, 0.717) is 13.0 Å². The number of hydrogen-bond donors (Lipinski definition) is 2. The maximum Gasteiger partial charge on any atom is 0.124 e. The molecule has 2 rings (SSSR count). The van der Waals surface area contributed by atoms with Gasteiger partial charge >= 0.3 is 0 Å². The highest BCUT2D eigenvalue weighted by atomic mass is 16.5. The number of nitrogens with two attached hydrogens (primary N) is 1. The monoisotopic (exact) mass is 221 g/mol. The third kappa shape index (κ3) is 1.93. The number of fused-ring (bicyclic) bond motifs is 1. The summed E-state index contributed by atoms with van der Waals surface area (Å²) in [6, 6.07) is 4.07. The van der Waals surface area contributed by atoms with Gasteiger partial charge in [0.15, 0.2) is 0 Å². The van der Waals surface area contributed by atoms with Crippen molar-refractivity contribution in [2.24, 2.45) is 5.73 Å². The minimum Gasteiger partial charge on any atom is -0.496 e. The summed E-state index contributed by atoms with van der Waals surface area (Å²) in [5.74, 6) is 0.793. The number of methoxy groups -OCH3 is 1. The Hall–Kier alpha value is -1.06. The lowest BCUT2D eigenvalue weighted by Gasteiger charge is -2.18. The number of aryl methyl sites for hydroxylation is 1. The first-order valence-electron chi connectivity index (χ1n) is 5.84. The van der Waals surface area contributed by atoms with Crippen LogP contribution in [0.3, 0.4) is 0 Å². The van der Waals surface area contributed by atoms with Crippen LogP contribution in [-0.4, -0.2) is 18.8 Å². The molecule has 1 aromatic carbocycles. The van der Waals surface area contributed by atoms with Crippen LogP contribution in [0, 0.1) is 0 Å². The van der Waals surface area contributed by atoms with Gasteiger partial charge in [0, 0.05) is 5.56 Å². The van der Waals surface area contributed by atoms with Gasteiger partial charge in [-0.25, -0.2) is 0 Å². The number of benzene rings is 1. The van der Waals surface area contributed by atoms with Crippen LogP contribution in [0.1, 0.15) is 35.6 Å². The third-order valence-corrected chi connectivity index (χ3v) is 3.28. The average Bonchev–Trinajstić information content (AvgIpc) is 2.75. The van der Waals surface area contributed by atoms with Crippen molar-refractivity contribution in [1.82, 2.24) is 0 Å². The molecule has 0 amide bonds. The van der Waals surface area contributed by atoms with Gasteiger partial charge in [-0.1, -0.05) is 6.07 Å². The molecule has 16 heavy (non-hydrogen) atoms. The Labute approximate surface area is 96.2 Å². The molecular weight excluding hydrogens is 202 g/mol. The van der Waals surface area contributed by atoms with Crippen LogP contribution in [0.25, 0.3) is 0 Å². The van der Waals surface area contributed by atoms with E-state index >= 15 is 0 Å². The van der Waals surface area contributed by atoms with Crippen LogP contribution in [-0.2, 0) is 12.8 Å². The van der Waals surface area contributed by atoms with Crippen LogP contribution in [0.2, 0.25) is 0 Å². The van der Waals surface area contributed by atoms with Gasteiger partial charge in [0.1, 0.15) is 5.75 Å². The van der Waals surface area contributed by atoms with Gasteiger partial charge < -0.3 is 15.6 Å². The number of hydrogen-bond acceptors (Lipinski definition) is 3. The summed E-state index contributed by atoms with van der Waals surface area (Å²) in [6.07, 6.45) is 3.43. The van der Waals surface area contributed by atoms with Gasteiger partial charge in [-0.3, -0.25) is 0 Å². The molecule has 0 aromatic heterocycles. The van der Waals surface area contributed by atoms with Crippen molar-refractivity contribution in [2.75, 3.05) is 13.7 Å². The Morgan fingerprint density at radius 2 is 2.25 bits per heavy atom. The molecular formula is C13H19NO2. The molecule has 0 radical (unpaired) electrons. The van der Waals surface area contributed by atoms with Crippen LogP contribution in [0.5, 0.6) is 5.75 Å². The standard InChI is InChI=1S/C13H19NO2/c1-16-12-6-5-9-3-2-4-10(9)13(12)11(15)7-8-14/h5-6,11,15H,2-4,7-8,14H2,1H3. The fourth-order valence-corrected chi connectivity index (χ4v) is 2.52. The Morgan fingerprint density at radius 3 is 2.94 bits per heavy atom. The van der Waals surface area contributed by atoms with Crippen molar-refractivity contribution in [1.29, 1.82) is 0 Å². The van der Waals surface area contributed by atoms with Crippen molar-refractivity contribution in [3.05, 3.63) is 28.8 Å². The van der Waals surface area contributed by atoms with E-state index in [4.69, 9.17) is 10.5 Å². The molecule has 1 aliphatic carbocycles. The molecule has 0 saturated carbocycles. The van der Waals surface area contributed by atoms with Gasteiger partial charge in [0.25, 0.3) is 0 Å². The van der Waals surface area contributed by atoms with Crippen LogP contribution in [0.15, 0.2) is 12.1 Å². The highest BCUT2D eigenvalue weighted by Gasteiger charge is 2.22. The van der Waals surface area contributed by atoms with Crippen molar-refractivity contribution < 1.29 is 9.84 Å². The molecule has 1 aromatic rings. The zero-order valence-corrected chi connectivity index (χ0v) is 9.70. The summed E-state index contributed by atoms with van der Waals surface area (Å²) in [4.78, 5) is 0. The van der Waals surface area contributed by atoms with E-state index in [2.05, 4.69) is 6.07 Å². The Bertz CT molecular complexity index is 376. The molecule has 0 saturated heterocycles. The highest BCUT2D eigenvalue weighted by Crippen LogP contribution is 2.36. The molecule has 1 aliphatic rings. The van der Waals surface area contributed by atoms with E-state index < -0.39 is 6.10 Å². The summed E-state index contributed by atoms with van der Waals surface area (Å²) in [6.45, 7) is 0.494. The van der Waals surface area contributed by atoms with E-state index in [-0.39, 0.29) is 0 Å². The molecule has 0 heterocycles. The van der Waals surface area contributed by atoms with Gasteiger partial charge in [0.05, 0.1) is 13.2 Å². The summed E-state index contributed by atoms with van der Waals surface area (Å²) < 4.78 is 5.34. The van der Waals surface area contributed by atoms with E-state index in [1.807, 2.05) is 6.07 Å². The lowest BCUT2D eigenvalue weighted by molar-refractivity contribution is 0.165. The lowest BCUT2D eigenvalue weighted by atomic mass is 9.96. The van der Waals surface area contributed by atoms with Gasteiger partial charge in [-0.05, 0) is 49.4 Å². The molecule has 3 N–H and O–H groups in total. The van der Waals surface area contributed by atoms with Crippen LogP contribution < -0.4 is 10.5 Å². The van der Waals surface area contributed by atoms with Crippen LogP contribution in [0.4, 0.5) is 0 Å². The summed E-state index contributed by atoms with van der Waals surface area (Å²) in [5.41, 5.74) is 9.10. The topological polar surface area (TPSA) is 55.5 Å². The number of ether oxygens (including phenoxy) is 1. The van der Waals surface area contributed by atoms with E-state index in [0.717, 1.165) is 24.2 Å². The Balaban J connectivity index is 2.43. The maximum atomic E-state index is 10.1. The summed E-state index contributed by atoms with van der Waals surface area (Å²) >= 11 is 0. The zero-order chi connectivity index (χ0) is 11.5. The minimum atomic E-state index is -0.493. The second-order valence-electron chi connectivity index (χ2n) is 4.27. The second kappa shape index (κ2) is 4.85. The first-order valence-corrected chi connectivity index (χ1v) is 5.84. The molecule has 88 valence electrons. The van der Waals surface area contributed by atoms with Crippen molar-refractivity contribution in [3.8, 4) is 5.75 Å². The zero-order valence-electron chi connectivity index (χ0n) is 9.70. The average molecular weight is 221 g/mol. The molecule has 0 bridgehead atoms. The number of rotatable bonds is 4. The number of aliphatic hydroxyl groups is 1. The Morgan fingerprint density at radius 1 is 1.44 bits per heavy atom. The first kappa shape index (κ1) is 11.4. The van der Waals surface area contributed by atoms with E-state index in [1.165, 1.54) is 17.5 Å². The minimum absolute atomic E-state index is 0.493. The quantitative estimate of drug-likeness (QED) is 0.811. The first-order chi connectivity index (χ1) is 7.77. The molecule has 3 heteroatoms. The van der Waals surface area contributed by atoms with Gasteiger partial charge in [0.2, 0.25) is 0 Å².